The predicted octanol–water partition coefficient (Wildman–Crippen LogP) is 17.8. The van der Waals surface area contributed by atoms with Gasteiger partial charge in [-0.25, -0.2) is 0 Å². The van der Waals surface area contributed by atoms with Gasteiger partial charge in [0.2, 0.25) is 0 Å². The molecular weight excluding hydrogens is 835 g/mol. The first kappa shape index (κ1) is 38.1. The van der Waals surface area contributed by atoms with Crippen LogP contribution in [0, 0.1) is 29.1 Å². The van der Waals surface area contributed by atoms with Crippen molar-refractivity contribution in [2.75, 3.05) is 4.90 Å². The molecule has 16 rings (SSSR count). The highest BCUT2D eigenvalue weighted by atomic mass is 16.3. The number of furan rings is 1. The highest BCUT2D eigenvalue weighted by molar-refractivity contribution is 6.10. The van der Waals surface area contributed by atoms with Crippen LogP contribution in [0.4, 0.5) is 17.1 Å². The van der Waals surface area contributed by atoms with E-state index in [9.17, 15) is 0 Å². The molecule has 2 spiro atoms. The number of benzene rings is 10. The van der Waals surface area contributed by atoms with E-state index in [2.05, 4.69) is 223 Å². The maximum absolute atomic E-state index is 6.55. The first-order valence-electron chi connectivity index (χ1n) is 25.0. The molecular formula is C67H47NO. The number of hydrogen-bond donors (Lipinski definition) is 0. The molecule has 1 aromatic heterocycles. The lowest BCUT2D eigenvalue weighted by Crippen LogP contribution is -2.88. The molecule has 10 aromatic carbocycles. The highest BCUT2D eigenvalue weighted by Gasteiger charge is 2.90. The zero-order valence-electron chi connectivity index (χ0n) is 38.1. The van der Waals surface area contributed by atoms with Crippen molar-refractivity contribution in [2.45, 2.75) is 24.7 Å². The fourth-order valence-corrected chi connectivity index (χ4v) is 15.6. The van der Waals surface area contributed by atoms with Gasteiger partial charge in [0.15, 0.2) is 0 Å². The topological polar surface area (TPSA) is 16.4 Å². The summed E-state index contributed by atoms with van der Waals surface area (Å²) in [4.78, 5) is 2.56. The lowest BCUT2D eigenvalue weighted by Gasteiger charge is -2.92. The van der Waals surface area contributed by atoms with E-state index in [4.69, 9.17) is 4.42 Å². The second-order valence-electron chi connectivity index (χ2n) is 20.7. The third-order valence-corrected chi connectivity index (χ3v) is 18.2. The van der Waals surface area contributed by atoms with Gasteiger partial charge < -0.3 is 9.32 Å². The first-order valence-corrected chi connectivity index (χ1v) is 25.0. The second kappa shape index (κ2) is 13.8. The van der Waals surface area contributed by atoms with Crippen LogP contribution in [0.3, 0.4) is 0 Å². The molecule has 0 amide bonds. The van der Waals surface area contributed by atoms with Crippen LogP contribution in [0.25, 0.3) is 88.3 Å². The van der Waals surface area contributed by atoms with Crippen molar-refractivity contribution in [3.8, 4) is 55.6 Å². The Labute approximate surface area is 402 Å². The number of hydrogen-bond acceptors (Lipinski definition) is 2. The Bertz CT molecular complexity index is 3920. The van der Waals surface area contributed by atoms with E-state index < -0.39 is 0 Å². The Hall–Kier alpha value is -7.94. The van der Waals surface area contributed by atoms with Crippen LogP contribution in [0.15, 0.2) is 229 Å². The molecule has 4 unspecified atom stereocenters. The summed E-state index contributed by atoms with van der Waals surface area (Å²) in [6.07, 6.45) is 4.26. The molecule has 326 valence electrons. The minimum atomic E-state index is 0.128. The van der Waals surface area contributed by atoms with E-state index in [1.165, 1.54) is 74.5 Å². The molecule has 0 N–H and O–H groups in total. The van der Waals surface area contributed by atoms with Crippen LogP contribution in [0.1, 0.15) is 30.4 Å². The van der Waals surface area contributed by atoms with Gasteiger partial charge in [-0.3, -0.25) is 0 Å². The van der Waals surface area contributed by atoms with Crippen molar-refractivity contribution in [2.24, 2.45) is 29.1 Å². The first-order chi connectivity index (χ1) is 34.2. The van der Waals surface area contributed by atoms with Crippen molar-refractivity contribution < 1.29 is 4.42 Å². The van der Waals surface area contributed by atoms with E-state index in [1.54, 1.807) is 11.1 Å². The maximum atomic E-state index is 6.55. The van der Waals surface area contributed by atoms with Gasteiger partial charge in [0.05, 0.1) is 17.1 Å². The number of anilines is 3. The van der Waals surface area contributed by atoms with Gasteiger partial charge in [0, 0.05) is 32.9 Å². The van der Waals surface area contributed by atoms with Crippen molar-refractivity contribution in [3.05, 3.63) is 236 Å². The van der Waals surface area contributed by atoms with Gasteiger partial charge in [0.1, 0.15) is 11.2 Å². The molecule has 11 aromatic rings. The van der Waals surface area contributed by atoms with Crippen LogP contribution in [-0.2, 0) is 5.41 Å². The Kier molecular flexibility index (Phi) is 7.63. The summed E-state index contributed by atoms with van der Waals surface area (Å²) in [5.41, 5.74) is 21.6. The summed E-state index contributed by atoms with van der Waals surface area (Å²) in [5, 5.41) is 4.74. The number of fused-ring (bicyclic) bond motifs is 11. The fourth-order valence-electron chi connectivity index (χ4n) is 15.6. The normalized spacial score (nSPS) is 23.0. The minimum Gasteiger partial charge on any atom is -0.456 e. The van der Waals surface area contributed by atoms with Crippen molar-refractivity contribution >= 4 is 49.8 Å². The quantitative estimate of drug-likeness (QED) is 0.159. The molecule has 0 saturated heterocycles. The largest absolute Gasteiger partial charge is 0.456 e. The summed E-state index contributed by atoms with van der Waals surface area (Å²) in [6.45, 7) is 0. The van der Waals surface area contributed by atoms with E-state index in [0.29, 0.717) is 5.41 Å². The third-order valence-electron chi connectivity index (χ3n) is 18.2. The van der Waals surface area contributed by atoms with Gasteiger partial charge in [-0.2, -0.15) is 0 Å². The predicted molar refractivity (Wildman–Crippen MR) is 284 cm³/mol. The number of para-hydroxylation sites is 4. The molecule has 4 fully saturated rings. The average Bonchev–Trinajstić information content (AvgIpc) is 3.92. The Morgan fingerprint density at radius 1 is 0.362 bits per heavy atom. The van der Waals surface area contributed by atoms with E-state index >= 15 is 0 Å². The fraction of sp³-hybridized carbons (Fsp3) is 0.134. The van der Waals surface area contributed by atoms with E-state index in [-0.39, 0.29) is 5.41 Å². The summed E-state index contributed by atoms with van der Waals surface area (Å²) < 4.78 is 6.55. The van der Waals surface area contributed by atoms with Gasteiger partial charge in [-0.05, 0) is 152 Å². The van der Waals surface area contributed by atoms with Crippen LogP contribution >= 0.6 is 0 Å². The molecule has 69 heavy (non-hydrogen) atoms. The molecule has 0 radical (unpaired) electrons. The molecule has 4 saturated carbocycles. The van der Waals surface area contributed by atoms with Crippen LogP contribution in [0.2, 0.25) is 0 Å². The standard InChI is InChI=1S/C67H47NO/c1-2-16-41(17-3-1)49-25-14-18-42-19-15-26-55(65(42)49)52-23-7-12-30-60(52)68(59-29-11-6-21-48(59)44-33-35-54-53-24-8-13-31-61(53)69-62(54)37-44)58-28-10-5-20-47(58)43-32-34-51-50-22-4-9-27-56(50)67(57(51)36-43)63-39-45-38-46-40-64(67)66(45,46)63/h1-37,45-46,63-64H,38-40H2. The summed E-state index contributed by atoms with van der Waals surface area (Å²) >= 11 is 0. The van der Waals surface area contributed by atoms with E-state index in [0.717, 1.165) is 73.8 Å². The minimum absolute atomic E-state index is 0.128. The molecule has 1 heterocycles. The van der Waals surface area contributed by atoms with Crippen LogP contribution in [-0.4, -0.2) is 0 Å². The second-order valence-corrected chi connectivity index (χ2v) is 20.7. The Morgan fingerprint density at radius 3 is 1.65 bits per heavy atom. The van der Waals surface area contributed by atoms with E-state index in [1.807, 2.05) is 6.07 Å². The Balaban J connectivity index is 0.931. The van der Waals surface area contributed by atoms with Crippen molar-refractivity contribution in [1.82, 2.24) is 0 Å². The smallest absolute Gasteiger partial charge is 0.136 e. The zero-order chi connectivity index (χ0) is 45.0. The lowest BCUT2D eigenvalue weighted by atomic mass is 9.11. The van der Waals surface area contributed by atoms with Gasteiger partial charge in [-0.1, -0.05) is 182 Å². The molecule has 4 atom stereocenters. The highest BCUT2D eigenvalue weighted by Crippen LogP contribution is 2.94. The monoisotopic (exact) mass is 881 g/mol. The SMILES string of the molecule is c1ccc(-c2cccc3cccc(-c4ccccc4N(c4ccccc4-c4ccc5c(c4)C4(c6ccccc6-5)C5CC6CC7CC4C675)c4ccccc4-c4ccc5c(c4)oc4ccccc45)c23)cc1. The van der Waals surface area contributed by atoms with Crippen LogP contribution in [0.5, 0.6) is 0 Å². The van der Waals surface area contributed by atoms with Crippen molar-refractivity contribution in [3.63, 3.8) is 0 Å². The number of nitrogens with zero attached hydrogens (tertiary/aromatic N) is 1. The zero-order valence-corrected chi connectivity index (χ0v) is 38.1. The molecule has 0 bridgehead atoms. The summed E-state index contributed by atoms with van der Waals surface area (Å²) in [6, 6.07) is 83.7. The Morgan fingerprint density at radius 2 is 0.913 bits per heavy atom. The van der Waals surface area contributed by atoms with Gasteiger partial charge in [-0.15, -0.1) is 0 Å². The summed E-state index contributed by atoms with van der Waals surface area (Å²) in [5.74, 6) is 3.45. The molecule has 2 nitrogen and oxygen atoms in total. The average molecular weight is 882 g/mol. The molecule has 2 heteroatoms. The van der Waals surface area contributed by atoms with Crippen LogP contribution < -0.4 is 4.90 Å². The maximum Gasteiger partial charge on any atom is 0.136 e. The van der Waals surface area contributed by atoms with Gasteiger partial charge in [0.25, 0.3) is 0 Å². The third kappa shape index (κ3) is 4.81. The molecule has 5 aliphatic rings. The molecule has 0 aliphatic heterocycles. The lowest BCUT2D eigenvalue weighted by molar-refractivity contribution is -0.412. The number of rotatable bonds is 7. The molecule has 5 aliphatic carbocycles. The van der Waals surface area contributed by atoms with Gasteiger partial charge >= 0.3 is 0 Å². The summed E-state index contributed by atoms with van der Waals surface area (Å²) in [7, 11) is 0. The van der Waals surface area contributed by atoms with Crippen molar-refractivity contribution in [1.29, 1.82) is 0 Å².